The summed E-state index contributed by atoms with van der Waals surface area (Å²) in [4.78, 5) is 43.9. The monoisotopic (exact) mass is 557 g/mol. The summed E-state index contributed by atoms with van der Waals surface area (Å²) in [5, 5.41) is 5.82. The number of para-hydroxylation sites is 1. The number of carbonyl (C=O) groups is 3. The Hall–Kier alpha value is -4.33. The number of hydrogen-bond acceptors (Lipinski definition) is 7. The van der Waals surface area contributed by atoms with Gasteiger partial charge in [-0.3, -0.25) is 19.4 Å². The molecule has 10 nitrogen and oxygen atoms in total. The van der Waals surface area contributed by atoms with Gasteiger partial charge in [-0.1, -0.05) is 30.3 Å². The Labute approximate surface area is 228 Å². The van der Waals surface area contributed by atoms with Gasteiger partial charge < -0.3 is 32.7 Å². The maximum Gasteiger partial charge on any atom is 0.416 e. The number of fused-ring (bicyclic) bond motifs is 1. The molecule has 0 radical (unpaired) electrons. The molecule has 13 heteroatoms. The van der Waals surface area contributed by atoms with E-state index < -0.39 is 29.6 Å². The zero-order chi connectivity index (χ0) is 29.3. The fourth-order valence-corrected chi connectivity index (χ4v) is 3.70. The van der Waals surface area contributed by atoms with E-state index >= 15 is 0 Å². The largest absolute Gasteiger partial charge is 0.416 e. The number of pyridine rings is 1. The van der Waals surface area contributed by atoms with E-state index in [9.17, 15) is 27.6 Å². The number of halogens is 3. The number of nitrogens with one attached hydrogen (secondary N) is 2. The SMILES string of the molecule is NCCN(CN)C(=O)CC[C@H](N)C(=O)NC(=Cc1ccc(C(F)(F)F)cc1)C(=O)Nc1cnc2ccccc2c1. The van der Waals surface area contributed by atoms with Crippen molar-refractivity contribution in [3.05, 3.63) is 77.6 Å². The highest BCUT2D eigenvalue weighted by Crippen LogP contribution is 2.29. The lowest BCUT2D eigenvalue weighted by Crippen LogP contribution is -2.44. The van der Waals surface area contributed by atoms with E-state index in [0.29, 0.717) is 11.2 Å². The van der Waals surface area contributed by atoms with E-state index in [1.165, 1.54) is 17.2 Å². The molecule has 0 saturated heterocycles. The molecular weight excluding hydrogens is 527 g/mol. The highest BCUT2D eigenvalue weighted by Gasteiger charge is 2.30. The van der Waals surface area contributed by atoms with E-state index in [2.05, 4.69) is 15.6 Å². The Morgan fingerprint density at radius 1 is 1.05 bits per heavy atom. The van der Waals surface area contributed by atoms with Crippen molar-refractivity contribution < 1.29 is 27.6 Å². The fraction of sp³-hybridized carbons (Fsp3) is 0.259. The normalized spacial score (nSPS) is 12.6. The minimum atomic E-state index is -4.53. The molecule has 3 aromatic rings. The lowest BCUT2D eigenvalue weighted by atomic mass is 10.1. The average molecular weight is 558 g/mol. The fourth-order valence-electron chi connectivity index (χ4n) is 3.70. The first kappa shape index (κ1) is 30.2. The predicted molar refractivity (Wildman–Crippen MR) is 145 cm³/mol. The van der Waals surface area contributed by atoms with Crippen LogP contribution < -0.4 is 27.8 Å². The summed E-state index contributed by atoms with van der Waals surface area (Å²) in [5.74, 6) is -1.86. The van der Waals surface area contributed by atoms with Gasteiger partial charge in [0.15, 0.2) is 0 Å². The molecular formula is C27H30F3N7O3. The minimum absolute atomic E-state index is 0.0404. The Morgan fingerprint density at radius 3 is 2.40 bits per heavy atom. The second-order valence-electron chi connectivity index (χ2n) is 8.81. The molecule has 212 valence electrons. The number of hydrogen-bond donors (Lipinski definition) is 5. The molecule has 0 saturated carbocycles. The highest BCUT2D eigenvalue weighted by molar-refractivity contribution is 6.09. The Morgan fingerprint density at radius 2 is 1.75 bits per heavy atom. The van der Waals surface area contributed by atoms with E-state index in [1.54, 1.807) is 24.3 Å². The summed E-state index contributed by atoms with van der Waals surface area (Å²) in [6.45, 7) is 0.428. The van der Waals surface area contributed by atoms with Crippen molar-refractivity contribution in [1.29, 1.82) is 0 Å². The van der Waals surface area contributed by atoms with Crippen LogP contribution >= 0.6 is 0 Å². The molecule has 2 aromatic carbocycles. The predicted octanol–water partition coefficient (Wildman–Crippen LogP) is 2.16. The van der Waals surface area contributed by atoms with Crippen molar-refractivity contribution in [2.75, 3.05) is 25.1 Å². The van der Waals surface area contributed by atoms with Crippen LogP contribution in [0.4, 0.5) is 18.9 Å². The number of carbonyl (C=O) groups excluding carboxylic acids is 3. The third-order valence-corrected chi connectivity index (χ3v) is 5.88. The lowest BCUT2D eigenvalue weighted by Gasteiger charge is -2.20. The van der Waals surface area contributed by atoms with Gasteiger partial charge in [-0.15, -0.1) is 0 Å². The van der Waals surface area contributed by atoms with Crippen LogP contribution in [0.25, 0.3) is 17.0 Å². The van der Waals surface area contributed by atoms with E-state index in [-0.39, 0.29) is 49.8 Å². The van der Waals surface area contributed by atoms with Crippen molar-refractivity contribution in [1.82, 2.24) is 15.2 Å². The first-order chi connectivity index (χ1) is 19.0. The van der Waals surface area contributed by atoms with Crippen LogP contribution in [-0.4, -0.2) is 53.4 Å². The Balaban J connectivity index is 1.80. The summed E-state index contributed by atoms with van der Waals surface area (Å²) < 4.78 is 38.9. The summed E-state index contributed by atoms with van der Waals surface area (Å²) in [6, 6.07) is 11.8. The number of aromatic nitrogens is 1. The average Bonchev–Trinajstić information content (AvgIpc) is 2.93. The Bertz CT molecular complexity index is 1380. The van der Waals surface area contributed by atoms with E-state index in [0.717, 1.165) is 29.7 Å². The number of rotatable bonds is 11. The molecule has 0 bridgehead atoms. The molecule has 0 aliphatic carbocycles. The van der Waals surface area contributed by atoms with Gasteiger partial charge in [0.25, 0.3) is 5.91 Å². The maximum atomic E-state index is 13.2. The molecule has 0 aliphatic rings. The zero-order valence-electron chi connectivity index (χ0n) is 21.4. The molecule has 1 heterocycles. The molecule has 0 unspecified atom stereocenters. The van der Waals surface area contributed by atoms with Crippen LogP contribution in [0, 0.1) is 0 Å². The molecule has 0 fully saturated rings. The Kier molecular flexibility index (Phi) is 10.3. The summed E-state index contributed by atoms with van der Waals surface area (Å²) >= 11 is 0. The number of nitrogens with zero attached hydrogens (tertiary/aromatic N) is 2. The lowest BCUT2D eigenvalue weighted by molar-refractivity contribution is -0.137. The van der Waals surface area contributed by atoms with Gasteiger partial charge in [0.2, 0.25) is 11.8 Å². The van der Waals surface area contributed by atoms with Gasteiger partial charge in [-0.25, -0.2) is 0 Å². The smallest absolute Gasteiger partial charge is 0.329 e. The van der Waals surface area contributed by atoms with Crippen LogP contribution in [0.15, 0.2) is 66.5 Å². The minimum Gasteiger partial charge on any atom is -0.329 e. The molecule has 8 N–H and O–H groups in total. The van der Waals surface area contributed by atoms with Gasteiger partial charge >= 0.3 is 6.18 Å². The second kappa shape index (κ2) is 13.6. The number of anilines is 1. The quantitative estimate of drug-likeness (QED) is 0.178. The molecule has 1 aromatic heterocycles. The maximum absolute atomic E-state index is 13.2. The molecule has 3 rings (SSSR count). The summed E-state index contributed by atoms with van der Waals surface area (Å²) in [6.07, 6.45) is -2.02. The van der Waals surface area contributed by atoms with E-state index in [1.807, 2.05) is 6.07 Å². The second-order valence-corrected chi connectivity index (χ2v) is 8.81. The topological polar surface area (TPSA) is 169 Å². The van der Waals surface area contributed by atoms with Crippen LogP contribution in [-0.2, 0) is 20.6 Å². The number of benzene rings is 2. The molecule has 0 spiro atoms. The van der Waals surface area contributed by atoms with Crippen molar-refractivity contribution in [3.63, 3.8) is 0 Å². The standard InChI is InChI=1S/C27H30F3N7O3/c28-27(29,30)19-7-5-17(6-8-19)13-23(26(40)35-20-14-18-3-1-2-4-22(18)34-15-20)36-25(39)21(33)9-10-24(38)37(16-32)12-11-31/h1-8,13-15,21H,9-12,16,31-33H2,(H,35,40)(H,36,39)/t21-/m0/s1. The summed E-state index contributed by atoms with van der Waals surface area (Å²) in [7, 11) is 0. The first-order valence-electron chi connectivity index (χ1n) is 12.3. The number of nitrogens with two attached hydrogens (primary N) is 3. The number of amides is 3. The van der Waals surface area contributed by atoms with Crippen molar-refractivity contribution in [2.24, 2.45) is 17.2 Å². The van der Waals surface area contributed by atoms with Gasteiger partial charge in [0, 0.05) is 24.9 Å². The van der Waals surface area contributed by atoms with Gasteiger partial charge in [-0.2, -0.15) is 13.2 Å². The molecule has 1 atom stereocenters. The van der Waals surface area contributed by atoms with Crippen LogP contribution in [0.1, 0.15) is 24.0 Å². The highest BCUT2D eigenvalue weighted by atomic mass is 19.4. The third kappa shape index (κ3) is 8.33. The van der Waals surface area contributed by atoms with Gasteiger partial charge in [0.1, 0.15) is 5.70 Å². The first-order valence-corrected chi connectivity index (χ1v) is 12.3. The van der Waals surface area contributed by atoms with E-state index in [4.69, 9.17) is 17.2 Å². The van der Waals surface area contributed by atoms with Crippen LogP contribution in [0.5, 0.6) is 0 Å². The van der Waals surface area contributed by atoms with Crippen molar-refractivity contribution in [3.8, 4) is 0 Å². The zero-order valence-corrected chi connectivity index (χ0v) is 21.4. The third-order valence-electron chi connectivity index (χ3n) is 5.88. The molecule has 3 amide bonds. The molecule has 40 heavy (non-hydrogen) atoms. The molecule has 0 aliphatic heterocycles. The van der Waals surface area contributed by atoms with Gasteiger partial charge in [-0.05, 0) is 42.3 Å². The van der Waals surface area contributed by atoms with Crippen molar-refractivity contribution in [2.45, 2.75) is 25.1 Å². The van der Waals surface area contributed by atoms with Crippen molar-refractivity contribution >= 4 is 40.4 Å². The van der Waals surface area contributed by atoms with Crippen LogP contribution in [0.2, 0.25) is 0 Å². The number of alkyl halides is 3. The summed E-state index contributed by atoms with van der Waals surface area (Å²) in [5.41, 5.74) is 17.1. The van der Waals surface area contributed by atoms with Crippen LogP contribution in [0.3, 0.4) is 0 Å². The van der Waals surface area contributed by atoms with Gasteiger partial charge in [0.05, 0.1) is 35.7 Å².